The maximum absolute atomic E-state index is 12.1. The molecule has 0 radical (unpaired) electrons. The Labute approximate surface area is 184 Å². The van der Waals surface area contributed by atoms with Gasteiger partial charge < -0.3 is 20.1 Å². The highest BCUT2D eigenvalue weighted by molar-refractivity contribution is 7.89. The Bertz CT molecular complexity index is 1010. The molecule has 2 aromatic heterocycles. The predicted molar refractivity (Wildman–Crippen MR) is 104 cm³/mol. The second-order valence-electron chi connectivity index (χ2n) is 7.46. The largest absolute Gasteiger partial charge is 0.473 e. The van der Waals surface area contributed by atoms with Gasteiger partial charge in [0.15, 0.2) is 35.5 Å². The quantitative estimate of drug-likeness (QED) is 0.133. The number of rotatable bonds is 8. The minimum Gasteiger partial charge on any atom is -0.391 e. The maximum atomic E-state index is 12.1. The lowest BCUT2D eigenvalue weighted by molar-refractivity contribution is -0.434. The topological polar surface area (TPSA) is 189 Å². The zero-order chi connectivity index (χ0) is 22.3. The zero-order valence-corrected chi connectivity index (χ0v) is 18.0. The van der Waals surface area contributed by atoms with Gasteiger partial charge in [-0.05, 0) is 19.3 Å². The van der Waals surface area contributed by atoms with E-state index in [9.17, 15) is 14.6 Å². The van der Waals surface area contributed by atoms with Crippen LogP contribution in [0.3, 0.4) is 0 Å². The Hall–Kier alpha value is -1.43. The number of nitrogens with zero attached hydrogens (tertiary/aromatic N) is 4. The number of ether oxygens (including phenoxy) is 1. The van der Waals surface area contributed by atoms with Crippen molar-refractivity contribution < 1.29 is 47.2 Å². The Balaban J connectivity index is 1.40. The van der Waals surface area contributed by atoms with E-state index in [4.69, 9.17) is 23.2 Å². The average molecular weight is 493 g/mol. The third-order valence-corrected chi connectivity index (χ3v) is 6.94. The molecule has 2 aliphatic heterocycles. The van der Waals surface area contributed by atoms with Crippen molar-refractivity contribution in [1.29, 1.82) is 0 Å². The Kier molecular flexibility index (Phi) is 6.34. The van der Waals surface area contributed by atoms with Crippen LogP contribution in [0.2, 0.25) is 0 Å². The molecule has 1 unspecified atom stereocenters. The standard InChI is InChI=1S/C15H20N5O10PS/c21-8-3-1-2-7(8)19-13-10-14(17-5-16-13)20(6-18-10)15-12-11(27-31(23,24)28-12)9(26-15)4-25-32-30-29-22/h5-9,11-12,15,21-22H,1-4H2,(H,23,24)(H,16,17,19)/t7-,8+,9+,11+,12+,15+/m0/s1. The summed E-state index contributed by atoms with van der Waals surface area (Å²) in [5, 5.41) is 24.9. The van der Waals surface area contributed by atoms with Crippen molar-refractivity contribution in [2.75, 3.05) is 11.9 Å². The molecule has 1 aliphatic carbocycles. The number of aromatic nitrogens is 4. The highest BCUT2D eigenvalue weighted by atomic mass is 32.2. The summed E-state index contributed by atoms with van der Waals surface area (Å²) >= 11 is 0.344. The van der Waals surface area contributed by atoms with Gasteiger partial charge in [-0.2, -0.15) is 0 Å². The number of nitrogens with one attached hydrogen (secondary N) is 1. The Morgan fingerprint density at radius 1 is 1.28 bits per heavy atom. The van der Waals surface area contributed by atoms with Crippen LogP contribution in [0.1, 0.15) is 25.5 Å². The molecule has 0 bridgehead atoms. The van der Waals surface area contributed by atoms with E-state index in [0.717, 1.165) is 19.3 Å². The lowest BCUT2D eigenvalue weighted by Crippen LogP contribution is -2.31. The summed E-state index contributed by atoms with van der Waals surface area (Å²) in [5.41, 5.74) is 0.844. The number of hydrogen-bond donors (Lipinski definition) is 4. The first-order valence-electron chi connectivity index (χ1n) is 9.70. The number of fused-ring (bicyclic) bond motifs is 2. The minimum absolute atomic E-state index is 0.136. The van der Waals surface area contributed by atoms with E-state index in [1.165, 1.54) is 12.7 Å². The second-order valence-corrected chi connectivity index (χ2v) is 9.33. The van der Waals surface area contributed by atoms with E-state index in [-0.39, 0.29) is 12.6 Å². The molecule has 0 spiro atoms. The first-order chi connectivity index (χ1) is 15.5. The molecule has 2 saturated heterocycles. The molecule has 5 rings (SSSR count). The maximum Gasteiger partial charge on any atom is 0.473 e. The first-order valence-corrected chi connectivity index (χ1v) is 11.9. The van der Waals surface area contributed by atoms with Crippen molar-refractivity contribution in [2.24, 2.45) is 0 Å². The van der Waals surface area contributed by atoms with E-state index in [1.807, 2.05) is 0 Å². The fraction of sp³-hybridized carbons (Fsp3) is 0.667. The van der Waals surface area contributed by atoms with E-state index in [2.05, 4.69) is 29.6 Å². The van der Waals surface area contributed by atoms with Crippen LogP contribution in [0.4, 0.5) is 5.82 Å². The van der Waals surface area contributed by atoms with Gasteiger partial charge in [0, 0.05) is 0 Å². The third-order valence-electron chi connectivity index (χ3n) is 5.57. The van der Waals surface area contributed by atoms with Gasteiger partial charge in [0.1, 0.15) is 24.6 Å². The van der Waals surface area contributed by atoms with Gasteiger partial charge in [0.2, 0.25) is 0 Å². The fourth-order valence-corrected chi connectivity index (χ4v) is 5.59. The molecule has 1 saturated carbocycles. The molecule has 4 N–H and O–H groups in total. The predicted octanol–water partition coefficient (Wildman–Crippen LogP) is 0.934. The molecule has 32 heavy (non-hydrogen) atoms. The number of phosphoric acid groups is 1. The fourth-order valence-electron chi connectivity index (χ4n) is 4.19. The van der Waals surface area contributed by atoms with Crippen molar-refractivity contribution in [1.82, 2.24) is 19.5 Å². The van der Waals surface area contributed by atoms with Gasteiger partial charge in [0.25, 0.3) is 0 Å². The molecule has 0 aromatic carbocycles. The van der Waals surface area contributed by atoms with Crippen LogP contribution < -0.4 is 5.32 Å². The van der Waals surface area contributed by atoms with Crippen LogP contribution >= 0.6 is 20.1 Å². The van der Waals surface area contributed by atoms with Gasteiger partial charge in [-0.25, -0.2) is 24.8 Å². The lowest BCUT2D eigenvalue weighted by Gasteiger charge is -2.19. The number of imidazole rings is 1. The summed E-state index contributed by atoms with van der Waals surface area (Å²) in [5.74, 6) is 0.461. The van der Waals surface area contributed by atoms with Crippen molar-refractivity contribution in [2.45, 2.75) is 55.9 Å². The first kappa shape index (κ1) is 22.4. The van der Waals surface area contributed by atoms with Crippen LogP contribution in [0.25, 0.3) is 11.2 Å². The summed E-state index contributed by atoms with van der Waals surface area (Å²) in [4.78, 5) is 22.7. The van der Waals surface area contributed by atoms with Crippen molar-refractivity contribution in [3.8, 4) is 0 Å². The molecule has 17 heteroatoms. The zero-order valence-electron chi connectivity index (χ0n) is 16.3. The molecule has 4 heterocycles. The molecule has 2 aromatic rings. The normalized spacial score (nSPS) is 36.7. The van der Waals surface area contributed by atoms with Gasteiger partial charge in [-0.15, -0.1) is 4.33 Å². The van der Waals surface area contributed by atoms with E-state index in [0.29, 0.717) is 29.3 Å². The van der Waals surface area contributed by atoms with Crippen LogP contribution in [0, 0.1) is 0 Å². The minimum atomic E-state index is -4.28. The van der Waals surface area contributed by atoms with Crippen LogP contribution in [0.5, 0.6) is 0 Å². The van der Waals surface area contributed by atoms with E-state index >= 15 is 0 Å². The average Bonchev–Trinajstić information content (AvgIpc) is 3.50. The highest BCUT2D eigenvalue weighted by Crippen LogP contribution is 2.58. The third kappa shape index (κ3) is 4.24. The summed E-state index contributed by atoms with van der Waals surface area (Å²) in [6.07, 6.45) is 1.20. The van der Waals surface area contributed by atoms with Gasteiger partial charge in [-0.1, -0.05) is 5.04 Å². The molecule has 15 nitrogen and oxygen atoms in total. The van der Waals surface area contributed by atoms with Crippen molar-refractivity contribution in [3.05, 3.63) is 12.7 Å². The lowest BCUT2D eigenvalue weighted by atomic mass is 10.1. The molecule has 176 valence electrons. The monoisotopic (exact) mass is 493 g/mol. The van der Waals surface area contributed by atoms with Gasteiger partial charge in [-0.3, -0.25) is 17.8 Å². The molecule has 7 atom stereocenters. The molecular formula is C15H20N5O10PS. The van der Waals surface area contributed by atoms with E-state index < -0.39 is 38.5 Å². The highest BCUT2D eigenvalue weighted by Gasteiger charge is 2.58. The van der Waals surface area contributed by atoms with E-state index in [1.54, 1.807) is 4.57 Å². The number of phosphoric ester groups is 1. The number of aliphatic hydroxyl groups excluding tert-OH is 1. The molecular weight excluding hydrogens is 473 g/mol. The number of anilines is 1. The molecule has 3 aliphatic rings. The van der Waals surface area contributed by atoms with Crippen LogP contribution in [0.15, 0.2) is 12.7 Å². The summed E-state index contributed by atoms with van der Waals surface area (Å²) < 4.78 is 39.2. The SMILES string of the molecule is O=P1(O)O[C@@H]2[C@H](O1)[C@@H](COSOOO)O[C@H]2n1cnc2c(N[C@H]3CCC[C@H]3O)ncnc21. The molecule has 0 amide bonds. The summed E-state index contributed by atoms with van der Waals surface area (Å²) in [7, 11) is -4.28. The van der Waals surface area contributed by atoms with Gasteiger partial charge in [0.05, 0.1) is 25.1 Å². The number of aliphatic hydroxyl groups is 1. The second kappa shape index (κ2) is 9.08. The summed E-state index contributed by atoms with van der Waals surface area (Å²) in [6, 6.07) is -0.138. The Morgan fingerprint density at radius 2 is 2.12 bits per heavy atom. The molecule has 3 fully saturated rings. The summed E-state index contributed by atoms with van der Waals surface area (Å²) in [6.45, 7) is -0.136. The number of hydrogen-bond acceptors (Lipinski definition) is 14. The Morgan fingerprint density at radius 3 is 2.91 bits per heavy atom. The smallest absolute Gasteiger partial charge is 0.391 e. The van der Waals surface area contributed by atoms with Crippen molar-refractivity contribution in [3.63, 3.8) is 0 Å². The van der Waals surface area contributed by atoms with Gasteiger partial charge >= 0.3 is 7.82 Å². The van der Waals surface area contributed by atoms with Crippen LogP contribution in [-0.2, 0) is 31.9 Å². The van der Waals surface area contributed by atoms with Crippen molar-refractivity contribution >= 4 is 37.1 Å². The van der Waals surface area contributed by atoms with Crippen LogP contribution in [-0.4, -0.2) is 71.8 Å².